The van der Waals surface area contributed by atoms with Crippen LogP contribution in [0.2, 0.25) is 0 Å². The van der Waals surface area contributed by atoms with Gasteiger partial charge in [-0.2, -0.15) is 0 Å². The number of benzene rings is 3. The van der Waals surface area contributed by atoms with E-state index >= 15 is 0 Å². The fraction of sp³-hybridized carbons (Fsp3) is 0.345. The minimum atomic E-state index is 0.122. The van der Waals surface area contributed by atoms with Crippen molar-refractivity contribution in [3.8, 4) is 0 Å². The summed E-state index contributed by atoms with van der Waals surface area (Å²) in [7, 11) is 0. The largest absolute Gasteiger partial charge is 0.384 e. The van der Waals surface area contributed by atoms with Gasteiger partial charge in [0.15, 0.2) is 0 Å². The zero-order valence-corrected chi connectivity index (χ0v) is 19.1. The molecule has 2 aliphatic rings. The van der Waals surface area contributed by atoms with E-state index in [0.29, 0.717) is 23.8 Å². The maximum Gasteiger partial charge on any atom is 0.122 e. The number of fused-ring (bicyclic) bond motifs is 2. The molecule has 1 saturated carbocycles. The van der Waals surface area contributed by atoms with Crippen LogP contribution in [0.4, 0.5) is 0 Å². The molecular weight excluding hydrogens is 390 g/mol. The van der Waals surface area contributed by atoms with Gasteiger partial charge in [0, 0.05) is 24.7 Å². The molecule has 0 radical (unpaired) electrons. The number of nitrogens with one attached hydrogen (secondary N) is 1. The molecule has 3 N–H and O–H groups in total. The van der Waals surface area contributed by atoms with Crippen molar-refractivity contribution in [2.24, 2.45) is 11.7 Å². The van der Waals surface area contributed by atoms with Crippen molar-refractivity contribution in [2.75, 3.05) is 13.1 Å². The van der Waals surface area contributed by atoms with Crippen LogP contribution in [0.25, 0.3) is 10.8 Å². The van der Waals surface area contributed by atoms with Crippen molar-refractivity contribution in [1.82, 2.24) is 4.90 Å². The molecular formula is C29H33N3. The molecule has 2 unspecified atom stereocenters. The van der Waals surface area contributed by atoms with Crippen LogP contribution >= 0.6 is 0 Å². The summed E-state index contributed by atoms with van der Waals surface area (Å²) >= 11 is 0. The van der Waals surface area contributed by atoms with Crippen LogP contribution in [0.3, 0.4) is 0 Å². The fourth-order valence-electron chi connectivity index (χ4n) is 5.69. The molecule has 0 amide bonds. The van der Waals surface area contributed by atoms with Crippen LogP contribution in [0.15, 0.2) is 67.3 Å². The van der Waals surface area contributed by atoms with E-state index in [4.69, 9.17) is 11.1 Å². The lowest BCUT2D eigenvalue weighted by atomic mass is 9.84. The summed E-state index contributed by atoms with van der Waals surface area (Å²) in [5.74, 6) is 1.91. The Hall–Kier alpha value is -2.91. The lowest BCUT2D eigenvalue weighted by Gasteiger charge is -2.39. The van der Waals surface area contributed by atoms with Gasteiger partial charge in [-0.05, 0) is 69.7 Å². The normalized spacial score (nSPS) is 22.7. The molecule has 3 aromatic carbocycles. The third kappa shape index (κ3) is 3.75. The molecule has 0 aromatic heterocycles. The Bertz CT molecular complexity index is 1190. The number of rotatable bonds is 6. The number of nitrogen functional groups attached to an aromatic ring is 1. The molecule has 3 atom stereocenters. The van der Waals surface area contributed by atoms with Crippen molar-refractivity contribution in [2.45, 2.75) is 44.6 Å². The number of hydrogen-bond acceptors (Lipinski definition) is 2. The standard InChI is InChI=1S/C29H33N3/c1-4-12-32-13-11-19-5-8-23(16-27(19)28(32)18(2)3)26-17-25(26)22-9-6-21-15-24(29(30)31)10-7-20(21)14-22/h4-10,14-16,18,25-26,28H,1,11-13,17H2,2-3H3,(H3,30,31)/t25?,26-,28?/m0/s1. The van der Waals surface area contributed by atoms with Gasteiger partial charge in [0.2, 0.25) is 0 Å². The highest BCUT2D eigenvalue weighted by Gasteiger charge is 2.40. The van der Waals surface area contributed by atoms with E-state index in [1.807, 2.05) is 18.2 Å². The maximum atomic E-state index is 7.67. The van der Waals surface area contributed by atoms with E-state index in [-0.39, 0.29) is 5.84 Å². The van der Waals surface area contributed by atoms with Gasteiger partial charge < -0.3 is 5.73 Å². The molecule has 0 spiro atoms. The summed E-state index contributed by atoms with van der Waals surface area (Å²) < 4.78 is 0. The number of nitrogens with two attached hydrogens (primary N) is 1. The summed E-state index contributed by atoms with van der Waals surface area (Å²) in [6.07, 6.45) is 4.40. The van der Waals surface area contributed by atoms with Crippen LogP contribution < -0.4 is 5.73 Å². The van der Waals surface area contributed by atoms with Gasteiger partial charge in [0.1, 0.15) is 5.84 Å². The van der Waals surface area contributed by atoms with E-state index in [2.05, 4.69) is 67.8 Å². The molecule has 1 aliphatic carbocycles. The average Bonchev–Trinajstić information content (AvgIpc) is 3.58. The number of hydrogen-bond donors (Lipinski definition) is 2. The zero-order chi connectivity index (χ0) is 22.4. The summed E-state index contributed by atoms with van der Waals surface area (Å²) in [5.41, 5.74) is 12.4. The maximum absolute atomic E-state index is 7.67. The molecule has 5 rings (SSSR count). The van der Waals surface area contributed by atoms with E-state index in [9.17, 15) is 0 Å². The second-order valence-electron chi connectivity index (χ2n) is 9.86. The van der Waals surface area contributed by atoms with Crippen LogP contribution in [-0.4, -0.2) is 23.8 Å². The third-order valence-corrected chi connectivity index (χ3v) is 7.37. The number of nitrogens with zero attached hydrogens (tertiary/aromatic N) is 1. The molecule has 1 heterocycles. The Kier molecular flexibility index (Phi) is 5.38. The second kappa shape index (κ2) is 8.22. The predicted octanol–water partition coefficient (Wildman–Crippen LogP) is 6.14. The van der Waals surface area contributed by atoms with Gasteiger partial charge in [-0.3, -0.25) is 10.3 Å². The summed E-state index contributed by atoms with van der Waals surface area (Å²) in [4.78, 5) is 2.59. The van der Waals surface area contributed by atoms with E-state index in [0.717, 1.165) is 30.5 Å². The molecule has 0 bridgehead atoms. The van der Waals surface area contributed by atoms with E-state index in [1.165, 1.54) is 34.1 Å². The van der Waals surface area contributed by atoms with Crippen LogP contribution in [0.5, 0.6) is 0 Å². The minimum Gasteiger partial charge on any atom is -0.384 e. The van der Waals surface area contributed by atoms with Crippen molar-refractivity contribution < 1.29 is 0 Å². The van der Waals surface area contributed by atoms with Crippen LogP contribution in [0.1, 0.15) is 66.0 Å². The summed E-state index contributed by atoms with van der Waals surface area (Å²) in [6, 6.07) is 20.6. The van der Waals surface area contributed by atoms with Gasteiger partial charge >= 0.3 is 0 Å². The Morgan fingerprint density at radius 3 is 2.47 bits per heavy atom. The van der Waals surface area contributed by atoms with Crippen molar-refractivity contribution in [3.63, 3.8) is 0 Å². The zero-order valence-electron chi connectivity index (χ0n) is 19.1. The third-order valence-electron chi connectivity index (χ3n) is 7.37. The van der Waals surface area contributed by atoms with Crippen molar-refractivity contribution >= 4 is 16.6 Å². The molecule has 3 aromatic rings. The quantitative estimate of drug-likeness (QED) is 0.284. The SMILES string of the molecule is C=CCN1CCc2ccc([C@@H]3CC3c3ccc4cc(C(=N)N)ccc4c3)cc2C1C(C)C. The highest BCUT2D eigenvalue weighted by atomic mass is 15.2. The first-order valence-electron chi connectivity index (χ1n) is 11.8. The molecule has 1 fully saturated rings. The average molecular weight is 424 g/mol. The van der Waals surface area contributed by atoms with E-state index < -0.39 is 0 Å². The van der Waals surface area contributed by atoms with E-state index in [1.54, 1.807) is 0 Å². The smallest absolute Gasteiger partial charge is 0.122 e. The minimum absolute atomic E-state index is 0.122. The lowest BCUT2D eigenvalue weighted by Crippen LogP contribution is -2.38. The Morgan fingerprint density at radius 1 is 1.06 bits per heavy atom. The van der Waals surface area contributed by atoms with Gasteiger partial charge in [-0.1, -0.05) is 68.5 Å². The van der Waals surface area contributed by atoms with Crippen molar-refractivity contribution in [1.29, 1.82) is 5.41 Å². The first-order valence-corrected chi connectivity index (χ1v) is 11.8. The van der Waals surface area contributed by atoms with Crippen LogP contribution in [0, 0.1) is 11.3 Å². The molecule has 3 heteroatoms. The Labute approximate surface area is 191 Å². The van der Waals surface area contributed by atoms with Crippen molar-refractivity contribution in [3.05, 3.63) is 95.1 Å². The molecule has 1 aliphatic heterocycles. The highest BCUT2D eigenvalue weighted by molar-refractivity contribution is 5.99. The fourth-order valence-corrected chi connectivity index (χ4v) is 5.69. The topological polar surface area (TPSA) is 53.1 Å². The van der Waals surface area contributed by atoms with Gasteiger partial charge in [-0.25, -0.2) is 0 Å². The molecule has 3 nitrogen and oxygen atoms in total. The Morgan fingerprint density at radius 2 is 1.75 bits per heavy atom. The highest BCUT2D eigenvalue weighted by Crippen LogP contribution is 2.55. The second-order valence-corrected chi connectivity index (χ2v) is 9.86. The lowest BCUT2D eigenvalue weighted by molar-refractivity contribution is 0.161. The molecule has 32 heavy (non-hydrogen) atoms. The monoisotopic (exact) mass is 423 g/mol. The molecule has 164 valence electrons. The van der Waals surface area contributed by atoms with Gasteiger partial charge in [-0.15, -0.1) is 6.58 Å². The summed E-state index contributed by atoms with van der Waals surface area (Å²) in [6.45, 7) is 10.7. The van der Waals surface area contributed by atoms with Crippen LogP contribution in [-0.2, 0) is 6.42 Å². The first-order chi connectivity index (χ1) is 15.5. The summed E-state index contributed by atoms with van der Waals surface area (Å²) in [5, 5.41) is 10.0. The Balaban J connectivity index is 1.41. The van der Waals surface area contributed by atoms with Gasteiger partial charge in [0.25, 0.3) is 0 Å². The molecule has 0 saturated heterocycles. The predicted molar refractivity (Wildman–Crippen MR) is 135 cm³/mol. The first kappa shape index (κ1) is 21.0. The number of amidine groups is 1. The van der Waals surface area contributed by atoms with Gasteiger partial charge in [0.05, 0.1) is 0 Å².